The molecule has 1 aromatic rings. The Labute approximate surface area is 83.8 Å². The highest BCUT2D eigenvalue weighted by atomic mass is 16.5. The SMILES string of the molecule is COc1ccccc1OCC1(N)CC1. The van der Waals surface area contributed by atoms with Crippen LogP contribution >= 0.6 is 0 Å². The summed E-state index contributed by atoms with van der Waals surface area (Å²) in [6.45, 7) is 0.577. The molecule has 0 aromatic heterocycles. The molecule has 1 aromatic carbocycles. The van der Waals surface area contributed by atoms with Crippen LogP contribution in [0, 0.1) is 0 Å². The van der Waals surface area contributed by atoms with Crippen molar-refractivity contribution in [2.45, 2.75) is 18.4 Å². The van der Waals surface area contributed by atoms with Crippen LogP contribution in [0.2, 0.25) is 0 Å². The van der Waals surface area contributed by atoms with Crippen LogP contribution in [0.4, 0.5) is 0 Å². The summed E-state index contributed by atoms with van der Waals surface area (Å²) in [4.78, 5) is 0. The van der Waals surface area contributed by atoms with Crippen LogP contribution in [0.15, 0.2) is 24.3 Å². The lowest BCUT2D eigenvalue weighted by Crippen LogP contribution is -2.29. The van der Waals surface area contributed by atoms with E-state index in [0.717, 1.165) is 24.3 Å². The van der Waals surface area contributed by atoms with Crippen LogP contribution < -0.4 is 15.2 Å². The first-order valence-corrected chi connectivity index (χ1v) is 4.78. The number of nitrogens with two attached hydrogens (primary N) is 1. The topological polar surface area (TPSA) is 44.5 Å². The van der Waals surface area contributed by atoms with Gasteiger partial charge in [-0.1, -0.05) is 12.1 Å². The molecule has 2 rings (SSSR count). The van der Waals surface area contributed by atoms with E-state index >= 15 is 0 Å². The minimum Gasteiger partial charge on any atom is -0.493 e. The van der Waals surface area contributed by atoms with Crippen molar-refractivity contribution in [3.05, 3.63) is 24.3 Å². The molecule has 0 unspecified atom stereocenters. The van der Waals surface area contributed by atoms with Gasteiger partial charge < -0.3 is 15.2 Å². The Balaban J connectivity index is 2.00. The summed E-state index contributed by atoms with van der Waals surface area (Å²) in [7, 11) is 1.64. The summed E-state index contributed by atoms with van der Waals surface area (Å²) in [5, 5.41) is 0. The van der Waals surface area contributed by atoms with Crippen molar-refractivity contribution in [1.82, 2.24) is 0 Å². The molecular formula is C11H15NO2. The van der Waals surface area contributed by atoms with Gasteiger partial charge in [-0.2, -0.15) is 0 Å². The van der Waals surface area contributed by atoms with Gasteiger partial charge in [-0.25, -0.2) is 0 Å². The second-order valence-corrected chi connectivity index (χ2v) is 3.80. The minimum atomic E-state index is -0.0825. The standard InChI is InChI=1S/C11H15NO2/c1-13-9-4-2-3-5-10(9)14-8-11(12)6-7-11/h2-5H,6-8,12H2,1H3. The van der Waals surface area contributed by atoms with E-state index in [-0.39, 0.29) is 5.54 Å². The van der Waals surface area contributed by atoms with E-state index < -0.39 is 0 Å². The third kappa shape index (κ3) is 1.99. The van der Waals surface area contributed by atoms with Crippen LogP contribution in [0.25, 0.3) is 0 Å². The maximum atomic E-state index is 5.92. The fraction of sp³-hybridized carbons (Fsp3) is 0.455. The highest BCUT2D eigenvalue weighted by Crippen LogP contribution is 2.34. The molecule has 0 radical (unpaired) electrons. The number of ether oxygens (including phenoxy) is 2. The smallest absolute Gasteiger partial charge is 0.161 e. The lowest BCUT2D eigenvalue weighted by Gasteiger charge is -2.13. The number of hydrogen-bond acceptors (Lipinski definition) is 3. The maximum absolute atomic E-state index is 5.92. The molecule has 1 aliphatic carbocycles. The van der Waals surface area contributed by atoms with Crippen LogP contribution in [0.5, 0.6) is 11.5 Å². The van der Waals surface area contributed by atoms with E-state index in [0.29, 0.717) is 6.61 Å². The fourth-order valence-corrected chi connectivity index (χ4v) is 1.26. The van der Waals surface area contributed by atoms with Gasteiger partial charge in [0.2, 0.25) is 0 Å². The van der Waals surface area contributed by atoms with Gasteiger partial charge in [0.1, 0.15) is 6.61 Å². The number of methoxy groups -OCH3 is 1. The Kier molecular flexibility index (Phi) is 2.33. The van der Waals surface area contributed by atoms with Crippen molar-refractivity contribution < 1.29 is 9.47 Å². The molecular weight excluding hydrogens is 178 g/mol. The summed E-state index contributed by atoms with van der Waals surface area (Å²) < 4.78 is 10.8. The Bertz CT molecular complexity index is 321. The molecule has 3 heteroatoms. The molecule has 76 valence electrons. The van der Waals surface area contributed by atoms with Gasteiger partial charge in [0.05, 0.1) is 12.6 Å². The van der Waals surface area contributed by atoms with Gasteiger partial charge in [0.25, 0.3) is 0 Å². The number of benzene rings is 1. The monoisotopic (exact) mass is 193 g/mol. The second-order valence-electron chi connectivity index (χ2n) is 3.80. The molecule has 0 atom stereocenters. The van der Waals surface area contributed by atoms with Crippen LogP contribution in [-0.4, -0.2) is 19.3 Å². The zero-order valence-electron chi connectivity index (χ0n) is 8.32. The zero-order chi connectivity index (χ0) is 10.0. The Hall–Kier alpha value is -1.22. The van der Waals surface area contributed by atoms with Gasteiger partial charge >= 0.3 is 0 Å². The number of para-hydroxylation sites is 2. The lowest BCUT2D eigenvalue weighted by atomic mass is 10.3. The predicted molar refractivity (Wildman–Crippen MR) is 54.6 cm³/mol. The zero-order valence-corrected chi connectivity index (χ0v) is 8.32. The quantitative estimate of drug-likeness (QED) is 0.789. The van der Waals surface area contributed by atoms with Crippen molar-refractivity contribution in [2.75, 3.05) is 13.7 Å². The second kappa shape index (κ2) is 3.50. The summed E-state index contributed by atoms with van der Waals surface area (Å²) in [6, 6.07) is 7.62. The van der Waals surface area contributed by atoms with Crippen molar-refractivity contribution >= 4 is 0 Å². The van der Waals surface area contributed by atoms with Crippen molar-refractivity contribution in [3.63, 3.8) is 0 Å². The molecule has 0 saturated heterocycles. The van der Waals surface area contributed by atoms with Gasteiger partial charge in [-0.05, 0) is 25.0 Å². The first kappa shape index (κ1) is 9.34. The molecule has 2 N–H and O–H groups in total. The average Bonchev–Trinajstić information content (AvgIpc) is 2.95. The lowest BCUT2D eigenvalue weighted by molar-refractivity contribution is 0.264. The fourth-order valence-electron chi connectivity index (χ4n) is 1.26. The molecule has 14 heavy (non-hydrogen) atoms. The molecule has 0 aliphatic heterocycles. The molecule has 1 saturated carbocycles. The molecule has 0 heterocycles. The summed E-state index contributed by atoms with van der Waals surface area (Å²) in [6.07, 6.45) is 2.12. The van der Waals surface area contributed by atoms with Crippen molar-refractivity contribution in [2.24, 2.45) is 5.73 Å². The first-order valence-electron chi connectivity index (χ1n) is 4.78. The Morgan fingerprint density at radius 1 is 1.29 bits per heavy atom. The average molecular weight is 193 g/mol. The van der Waals surface area contributed by atoms with Gasteiger partial charge in [-0.15, -0.1) is 0 Å². The Morgan fingerprint density at radius 2 is 1.93 bits per heavy atom. The van der Waals surface area contributed by atoms with E-state index in [1.54, 1.807) is 7.11 Å². The first-order chi connectivity index (χ1) is 6.73. The van der Waals surface area contributed by atoms with Gasteiger partial charge in [0.15, 0.2) is 11.5 Å². The minimum absolute atomic E-state index is 0.0825. The largest absolute Gasteiger partial charge is 0.493 e. The predicted octanol–water partition coefficient (Wildman–Crippen LogP) is 1.57. The van der Waals surface area contributed by atoms with E-state index in [1.165, 1.54) is 0 Å². The maximum Gasteiger partial charge on any atom is 0.161 e. The molecule has 0 spiro atoms. The summed E-state index contributed by atoms with van der Waals surface area (Å²) in [5.74, 6) is 1.53. The van der Waals surface area contributed by atoms with Crippen LogP contribution in [-0.2, 0) is 0 Å². The van der Waals surface area contributed by atoms with E-state index in [2.05, 4.69) is 0 Å². The third-order valence-corrected chi connectivity index (χ3v) is 2.48. The van der Waals surface area contributed by atoms with Gasteiger partial charge in [-0.3, -0.25) is 0 Å². The number of rotatable bonds is 4. The normalized spacial score (nSPS) is 17.6. The van der Waals surface area contributed by atoms with Crippen molar-refractivity contribution in [3.8, 4) is 11.5 Å². The van der Waals surface area contributed by atoms with E-state index in [4.69, 9.17) is 15.2 Å². The highest BCUT2D eigenvalue weighted by molar-refractivity contribution is 5.39. The van der Waals surface area contributed by atoms with Gasteiger partial charge in [0, 0.05) is 0 Å². The summed E-state index contributed by atoms with van der Waals surface area (Å²) >= 11 is 0. The van der Waals surface area contributed by atoms with Crippen LogP contribution in [0.1, 0.15) is 12.8 Å². The number of hydrogen-bond donors (Lipinski definition) is 1. The molecule has 0 bridgehead atoms. The summed E-state index contributed by atoms with van der Waals surface area (Å²) in [5.41, 5.74) is 5.84. The Morgan fingerprint density at radius 3 is 2.50 bits per heavy atom. The highest BCUT2D eigenvalue weighted by Gasteiger charge is 2.39. The van der Waals surface area contributed by atoms with E-state index in [9.17, 15) is 0 Å². The molecule has 0 amide bonds. The van der Waals surface area contributed by atoms with Crippen molar-refractivity contribution in [1.29, 1.82) is 0 Å². The van der Waals surface area contributed by atoms with E-state index in [1.807, 2.05) is 24.3 Å². The molecule has 1 aliphatic rings. The van der Waals surface area contributed by atoms with Crippen LogP contribution in [0.3, 0.4) is 0 Å². The molecule has 3 nitrogen and oxygen atoms in total. The molecule has 1 fully saturated rings. The third-order valence-electron chi connectivity index (χ3n) is 2.48.